The topological polar surface area (TPSA) is 368 Å². The van der Waals surface area contributed by atoms with Crippen LogP contribution < -0.4 is 31.5 Å². The SMILES string of the molecule is CCN(CCCCCC(=O)NCCCCCCNc1nc2c(N)ncnc2n1[C@@H]1O[C@H](COP(=O)(O)O)[C@@H](OP(=O)(O)O)[C@H]1O)c1ccc2cc(-c3cc[n+](CCCS(=O)(=O)[O-])cc3)c(=O)oc2c1. The lowest BCUT2D eigenvalue weighted by Crippen LogP contribution is -2.36. The van der Waals surface area contributed by atoms with E-state index in [0.717, 1.165) is 69.0 Å². The molecule has 0 aliphatic carbocycles. The number of aryl methyl sites for hydroxylation is 1. The molecule has 25 nitrogen and oxygen atoms in total. The number of aromatic nitrogens is 5. The van der Waals surface area contributed by atoms with E-state index in [0.29, 0.717) is 49.2 Å². The Kier molecular flexibility index (Phi) is 18.4. The summed E-state index contributed by atoms with van der Waals surface area (Å²) in [5.74, 6) is -0.377. The number of anilines is 3. The Morgan fingerprint density at radius 1 is 0.986 bits per heavy atom. The average Bonchev–Trinajstić information content (AvgIpc) is 3.79. The lowest BCUT2D eigenvalue weighted by molar-refractivity contribution is -0.696. The Morgan fingerprint density at radius 2 is 1.71 bits per heavy atom. The number of hydrogen-bond acceptors (Lipinski definition) is 18. The second-order valence-corrected chi connectivity index (χ2v) is 20.3. The molecule has 1 aromatic carbocycles. The van der Waals surface area contributed by atoms with Crippen LogP contribution in [0.1, 0.15) is 70.9 Å². The van der Waals surface area contributed by atoms with Gasteiger partial charge in [0.05, 0.1) is 22.3 Å². The van der Waals surface area contributed by atoms with Gasteiger partial charge in [0.15, 0.2) is 35.6 Å². The largest absolute Gasteiger partial charge is 0.748 e. The Balaban J connectivity index is 0.896. The van der Waals surface area contributed by atoms with E-state index in [1.807, 2.05) is 25.1 Å². The van der Waals surface area contributed by atoms with E-state index in [9.17, 15) is 56.4 Å². The summed E-state index contributed by atoms with van der Waals surface area (Å²) in [5, 5.41) is 18.0. The smallest absolute Gasteiger partial charge is 0.470 e. The van der Waals surface area contributed by atoms with E-state index in [1.165, 1.54) is 4.57 Å². The number of imidazole rings is 1. The average molecular weight is 1030 g/mol. The molecule has 1 amide bonds. The quantitative estimate of drug-likeness (QED) is 0.0123. The van der Waals surface area contributed by atoms with Crippen molar-refractivity contribution in [3.05, 3.63) is 65.5 Å². The Bertz CT molecular complexity index is 2810. The van der Waals surface area contributed by atoms with E-state index in [4.69, 9.17) is 19.4 Å². The van der Waals surface area contributed by atoms with Gasteiger partial charge < -0.3 is 59.7 Å². The summed E-state index contributed by atoms with van der Waals surface area (Å²) in [6, 6.07) is 11.0. The number of nitrogens with one attached hydrogen (secondary N) is 2. The van der Waals surface area contributed by atoms with Crippen molar-refractivity contribution < 1.29 is 74.3 Å². The molecule has 0 bridgehead atoms. The number of nitrogens with two attached hydrogens (primary N) is 1. The molecular weight excluding hydrogens is 969 g/mol. The summed E-state index contributed by atoms with van der Waals surface area (Å²) < 4.78 is 79.5. The zero-order valence-corrected chi connectivity index (χ0v) is 40.2. The monoisotopic (exact) mass is 1030 g/mol. The van der Waals surface area contributed by atoms with Crippen LogP contribution >= 0.6 is 15.6 Å². The van der Waals surface area contributed by atoms with Gasteiger partial charge in [0.25, 0.3) is 0 Å². The molecule has 5 aromatic rings. The van der Waals surface area contributed by atoms with Crippen molar-refractivity contribution >= 4 is 71.3 Å². The minimum atomic E-state index is -5.22. The highest BCUT2D eigenvalue weighted by atomic mass is 32.2. The third-order valence-corrected chi connectivity index (χ3v) is 13.0. The number of unbranched alkanes of at least 4 members (excludes halogenated alkanes) is 5. The predicted molar refractivity (Wildman–Crippen MR) is 248 cm³/mol. The van der Waals surface area contributed by atoms with Crippen molar-refractivity contribution in [2.45, 2.75) is 95.8 Å². The molecule has 28 heteroatoms. The van der Waals surface area contributed by atoms with Crippen LogP contribution in [-0.2, 0) is 44.4 Å². The highest BCUT2D eigenvalue weighted by Gasteiger charge is 2.50. The predicted octanol–water partition coefficient (Wildman–Crippen LogP) is 2.43. The maximum Gasteiger partial charge on any atom is 0.470 e. The van der Waals surface area contributed by atoms with E-state index in [1.54, 1.807) is 35.2 Å². The number of aliphatic hydroxyl groups excluding tert-OH is 1. The van der Waals surface area contributed by atoms with Crippen molar-refractivity contribution in [1.82, 2.24) is 24.8 Å². The molecule has 1 saturated heterocycles. The molecule has 6 rings (SSSR count). The lowest BCUT2D eigenvalue weighted by atomic mass is 10.1. The molecule has 4 aromatic heterocycles. The van der Waals surface area contributed by atoms with Crippen molar-refractivity contribution in [2.75, 3.05) is 54.5 Å². The van der Waals surface area contributed by atoms with Crippen molar-refractivity contribution in [3.8, 4) is 11.1 Å². The van der Waals surface area contributed by atoms with Crippen molar-refractivity contribution in [3.63, 3.8) is 0 Å². The zero-order valence-electron chi connectivity index (χ0n) is 37.6. The number of rotatable bonds is 27. The summed E-state index contributed by atoms with van der Waals surface area (Å²) in [4.78, 5) is 77.7. The summed E-state index contributed by atoms with van der Waals surface area (Å²) in [6.45, 7) is 3.85. The van der Waals surface area contributed by atoms with Gasteiger partial charge in [0, 0.05) is 79.6 Å². The van der Waals surface area contributed by atoms with Gasteiger partial charge >= 0.3 is 21.3 Å². The number of amides is 1. The molecular formula is C41H57N9O16P2S. The maximum atomic E-state index is 13.0. The van der Waals surface area contributed by atoms with E-state index < -0.39 is 68.3 Å². The van der Waals surface area contributed by atoms with Crippen LogP contribution in [0.5, 0.6) is 0 Å². The minimum Gasteiger partial charge on any atom is -0.748 e. The van der Waals surface area contributed by atoms with Gasteiger partial charge in [-0.1, -0.05) is 19.3 Å². The summed E-state index contributed by atoms with van der Waals surface area (Å²) >= 11 is 0. The minimum absolute atomic E-state index is 0.00574. The molecule has 0 spiro atoms. The van der Waals surface area contributed by atoms with Gasteiger partial charge in [0.2, 0.25) is 11.9 Å². The third-order valence-electron chi connectivity index (χ3n) is 11.3. The van der Waals surface area contributed by atoms with Crippen LogP contribution in [0.2, 0.25) is 0 Å². The number of pyridine rings is 1. The highest BCUT2D eigenvalue weighted by Crippen LogP contribution is 2.46. The summed E-state index contributed by atoms with van der Waals surface area (Å²) in [7, 11) is -14.5. The number of aliphatic hydroxyl groups is 1. The van der Waals surface area contributed by atoms with Crippen LogP contribution in [0.4, 0.5) is 17.5 Å². The molecule has 69 heavy (non-hydrogen) atoms. The second-order valence-electron chi connectivity index (χ2n) is 16.3. The number of hydrogen-bond donors (Lipinski definition) is 8. The van der Waals surface area contributed by atoms with Crippen LogP contribution in [0.25, 0.3) is 33.3 Å². The number of nitrogens with zero attached hydrogens (tertiary/aromatic N) is 6. The second kappa shape index (κ2) is 23.8. The number of benzene rings is 1. The number of ether oxygens (including phenoxy) is 1. The van der Waals surface area contributed by atoms with Crippen molar-refractivity contribution in [1.29, 1.82) is 0 Å². The highest BCUT2D eigenvalue weighted by molar-refractivity contribution is 7.85. The molecule has 1 aliphatic heterocycles. The molecule has 0 radical (unpaired) electrons. The van der Waals surface area contributed by atoms with Gasteiger partial charge in [-0.3, -0.25) is 18.4 Å². The Morgan fingerprint density at radius 3 is 2.41 bits per heavy atom. The molecule has 0 unspecified atom stereocenters. The molecule has 0 saturated carbocycles. The molecule has 5 heterocycles. The number of phosphoric ester groups is 2. The molecule has 9 N–H and O–H groups in total. The number of phosphoric acid groups is 2. The summed E-state index contributed by atoms with van der Waals surface area (Å²) in [6.07, 6.45) is 3.93. The fourth-order valence-corrected chi connectivity index (χ4v) is 9.28. The maximum absolute atomic E-state index is 13.0. The van der Waals surface area contributed by atoms with Crippen LogP contribution in [-0.4, -0.2) is 120 Å². The number of fused-ring (bicyclic) bond motifs is 2. The zero-order chi connectivity index (χ0) is 49.9. The fourth-order valence-electron chi connectivity index (χ4n) is 7.88. The first-order valence-corrected chi connectivity index (χ1v) is 26.9. The number of nitrogen functional groups attached to an aromatic ring is 1. The normalized spacial score (nSPS) is 17.7. The Hall–Kier alpha value is -4.95. The summed E-state index contributed by atoms with van der Waals surface area (Å²) in [5.41, 5.74) is 8.15. The first kappa shape index (κ1) is 53.4. The number of carbonyl (C=O) groups excluding carboxylic acids is 1. The number of carbonyl (C=O) groups is 1. The van der Waals surface area contributed by atoms with Crippen molar-refractivity contribution in [2.24, 2.45) is 0 Å². The van der Waals surface area contributed by atoms with E-state index in [2.05, 4.69) is 35.0 Å². The first-order chi connectivity index (χ1) is 32.7. The molecule has 1 fully saturated rings. The van der Waals surface area contributed by atoms with E-state index in [-0.39, 0.29) is 35.3 Å². The van der Waals surface area contributed by atoms with Crippen LogP contribution in [0, 0.1) is 0 Å². The molecule has 1 aliphatic rings. The molecule has 4 atom stereocenters. The lowest BCUT2D eigenvalue weighted by Gasteiger charge is -2.23. The van der Waals surface area contributed by atoms with Gasteiger partial charge in [-0.15, -0.1) is 0 Å². The van der Waals surface area contributed by atoms with E-state index >= 15 is 0 Å². The third kappa shape index (κ3) is 15.5. The standard InChI is InChI=1S/C41H57N9O16P2S/c1-2-49(29-13-12-28-23-30(40(53)65-31(28)24-29)27-14-20-48(21-15-27)18-10-22-69(60,61)62)19-9-5-6-11-33(51)43-16-7-3-4-8-17-44-41-47-34-37(42)45-26-46-38(34)50(41)39-35(52)36(66-68(57,58)59)32(64-39)25-63-67(54,55)56/h12-15,20-21,23-24,26,32,35-36,39,52H,2-11,16-19,22,25H2,1H3,(H8-,42,43,44,45,46,47,51,54,55,56,57,58,59,60,61,62)/t32-,35-,36-,39-/m1/s1. The van der Waals surface area contributed by atoms with Gasteiger partial charge in [-0.25, -0.2) is 41.9 Å². The van der Waals surface area contributed by atoms with Crippen LogP contribution in [0.15, 0.2) is 64.3 Å². The Labute approximate surface area is 396 Å². The van der Waals surface area contributed by atoms with Gasteiger partial charge in [-0.2, -0.15) is 0 Å². The first-order valence-electron chi connectivity index (χ1n) is 22.2. The fraction of sp³-hybridized carbons (Fsp3) is 0.512. The van der Waals surface area contributed by atoms with Gasteiger partial charge in [0.1, 0.15) is 36.8 Å². The molecule has 378 valence electrons. The van der Waals surface area contributed by atoms with Crippen LogP contribution in [0.3, 0.4) is 0 Å². The van der Waals surface area contributed by atoms with Gasteiger partial charge in [-0.05, 0) is 50.8 Å².